The number of carbonyl (C=O) groups is 1. The SMILES string of the molecule is COc1cc([C@@H]2CC(=O)Nc3c2c(C)nn3-c2nc3ccc(C)cc3s2)ccc1OC(C)C. The van der Waals surface area contributed by atoms with Crippen LogP contribution in [-0.4, -0.2) is 33.9 Å². The summed E-state index contributed by atoms with van der Waals surface area (Å²) in [5, 5.41) is 8.56. The molecule has 1 aliphatic rings. The van der Waals surface area contributed by atoms with Gasteiger partial charge < -0.3 is 14.8 Å². The highest BCUT2D eigenvalue weighted by Crippen LogP contribution is 2.43. The highest BCUT2D eigenvalue weighted by Gasteiger charge is 2.33. The summed E-state index contributed by atoms with van der Waals surface area (Å²) in [6.07, 6.45) is 0.376. The molecule has 2 aromatic heterocycles. The first-order valence-electron chi connectivity index (χ1n) is 11.0. The lowest BCUT2D eigenvalue weighted by molar-refractivity contribution is -0.116. The van der Waals surface area contributed by atoms with E-state index in [1.165, 1.54) is 5.56 Å². The van der Waals surface area contributed by atoms with Crippen molar-refractivity contribution in [2.45, 2.75) is 46.1 Å². The molecule has 1 atom stereocenters. The zero-order chi connectivity index (χ0) is 23.3. The largest absolute Gasteiger partial charge is 0.493 e. The third kappa shape index (κ3) is 3.84. The number of thiazole rings is 1. The van der Waals surface area contributed by atoms with E-state index < -0.39 is 0 Å². The predicted molar refractivity (Wildman–Crippen MR) is 130 cm³/mol. The number of hydrogen-bond acceptors (Lipinski definition) is 6. The van der Waals surface area contributed by atoms with Crippen molar-refractivity contribution >= 4 is 33.3 Å². The second kappa shape index (κ2) is 8.19. The number of methoxy groups -OCH3 is 1. The lowest BCUT2D eigenvalue weighted by Crippen LogP contribution is -2.25. The Hall–Kier alpha value is -3.39. The van der Waals surface area contributed by atoms with Crippen LogP contribution in [0.15, 0.2) is 36.4 Å². The van der Waals surface area contributed by atoms with Crippen LogP contribution in [0.5, 0.6) is 11.5 Å². The van der Waals surface area contributed by atoms with Crippen LogP contribution in [0, 0.1) is 13.8 Å². The number of ether oxygens (including phenoxy) is 2. The molecule has 0 fully saturated rings. The van der Waals surface area contributed by atoms with E-state index in [1.807, 2.05) is 51.1 Å². The maximum absolute atomic E-state index is 12.8. The van der Waals surface area contributed by atoms with E-state index >= 15 is 0 Å². The van der Waals surface area contributed by atoms with Crippen LogP contribution in [0.2, 0.25) is 0 Å². The Labute approximate surface area is 196 Å². The van der Waals surface area contributed by atoms with Crippen molar-refractivity contribution in [1.29, 1.82) is 0 Å². The van der Waals surface area contributed by atoms with Crippen molar-refractivity contribution in [2.24, 2.45) is 0 Å². The number of nitrogens with one attached hydrogen (secondary N) is 1. The van der Waals surface area contributed by atoms with Gasteiger partial charge in [0.15, 0.2) is 11.5 Å². The Morgan fingerprint density at radius 2 is 1.97 bits per heavy atom. The molecule has 2 aromatic carbocycles. The minimum atomic E-state index is -0.138. The summed E-state index contributed by atoms with van der Waals surface area (Å²) in [5.74, 6) is 1.84. The van der Waals surface area contributed by atoms with Crippen molar-refractivity contribution in [2.75, 3.05) is 12.4 Å². The molecule has 0 radical (unpaired) electrons. The number of anilines is 1. The zero-order valence-corrected chi connectivity index (χ0v) is 20.1. The van der Waals surface area contributed by atoms with E-state index in [-0.39, 0.29) is 17.9 Å². The molecule has 1 aliphatic heterocycles. The van der Waals surface area contributed by atoms with Gasteiger partial charge in [0.1, 0.15) is 5.82 Å². The molecule has 0 bridgehead atoms. The molecule has 0 saturated carbocycles. The van der Waals surface area contributed by atoms with Gasteiger partial charge in [-0.05, 0) is 63.1 Å². The summed E-state index contributed by atoms with van der Waals surface area (Å²) in [5.41, 5.74) is 4.97. The number of aryl methyl sites for hydroxylation is 2. The number of rotatable bonds is 5. The lowest BCUT2D eigenvalue weighted by atomic mass is 9.85. The molecule has 5 rings (SSSR count). The first-order chi connectivity index (χ1) is 15.8. The standard InChI is InChI=1S/C25H26N4O3S/c1-13(2)32-19-9-7-16(11-20(19)31-5)17-12-22(30)27-24-23(17)15(4)28-29(24)25-26-18-8-6-14(3)10-21(18)33-25/h6-11,13,17H,12H2,1-5H3,(H,27,30)/t17-/m0/s1. The Bertz CT molecular complexity index is 1370. The summed E-state index contributed by atoms with van der Waals surface area (Å²) in [4.78, 5) is 17.5. The maximum Gasteiger partial charge on any atom is 0.226 e. The van der Waals surface area contributed by atoms with Crippen LogP contribution in [0.4, 0.5) is 5.82 Å². The van der Waals surface area contributed by atoms with Crippen LogP contribution >= 0.6 is 11.3 Å². The fourth-order valence-electron chi connectivity index (χ4n) is 4.33. The van der Waals surface area contributed by atoms with Gasteiger partial charge in [0, 0.05) is 17.9 Å². The van der Waals surface area contributed by atoms with Crippen molar-refractivity contribution in [1.82, 2.24) is 14.8 Å². The highest BCUT2D eigenvalue weighted by molar-refractivity contribution is 7.20. The second-order valence-electron chi connectivity index (χ2n) is 8.61. The number of amides is 1. The molecule has 1 N–H and O–H groups in total. The van der Waals surface area contributed by atoms with Crippen LogP contribution in [0.3, 0.4) is 0 Å². The van der Waals surface area contributed by atoms with Crippen LogP contribution in [0.25, 0.3) is 15.3 Å². The monoisotopic (exact) mass is 462 g/mol. The summed E-state index contributed by atoms with van der Waals surface area (Å²) in [6, 6.07) is 12.1. The van der Waals surface area contributed by atoms with E-state index in [9.17, 15) is 4.79 Å². The van der Waals surface area contributed by atoms with Gasteiger partial charge in [0.25, 0.3) is 0 Å². The van der Waals surface area contributed by atoms with E-state index in [2.05, 4.69) is 18.3 Å². The Morgan fingerprint density at radius 3 is 2.73 bits per heavy atom. The van der Waals surface area contributed by atoms with Gasteiger partial charge in [0.05, 0.1) is 29.1 Å². The average Bonchev–Trinajstić information content (AvgIpc) is 3.33. The molecule has 0 unspecified atom stereocenters. The fourth-order valence-corrected chi connectivity index (χ4v) is 5.36. The fraction of sp³-hybridized carbons (Fsp3) is 0.320. The molecular formula is C25H26N4O3S. The maximum atomic E-state index is 12.8. The van der Waals surface area contributed by atoms with Gasteiger partial charge >= 0.3 is 0 Å². The first-order valence-corrected chi connectivity index (χ1v) is 11.8. The third-order valence-corrected chi connectivity index (χ3v) is 6.76. The van der Waals surface area contributed by atoms with E-state index in [4.69, 9.17) is 19.6 Å². The molecule has 33 heavy (non-hydrogen) atoms. The number of aromatic nitrogens is 3. The van der Waals surface area contributed by atoms with Crippen LogP contribution in [-0.2, 0) is 4.79 Å². The van der Waals surface area contributed by atoms with E-state index in [0.717, 1.165) is 32.2 Å². The molecule has 1 amide bonds. The van der Waals surface area contributed by atoms with Gasteiger partial charge in [0.2, 0.25) is 11.0 Å². The first kappa shape index (κ1) is 21.5. The summed E-state index contributed by atoms with van der Waals surface area (Å²) >= 11 is 1.56. The van der Waals surface area contributed by atoms with Crippen molar-refractivity contribution < 1.29 is 14.3 Å². The Balaban J connectivity index is 1.60. The van der Waals surface area contributed by atoms with Gasteiger partial charge in [-0.3, -0.25) is 4.79 Å². The minimum absolute atomic E-state index is 0.0369. The summed E-state index contributed by atoms with van der Waals surface area (Å²) in [6.45, 7) is 8.00. The van der Waals surface area contributed by atoms with Gasteiger partial charge in [-0.1, -0.05) is 23.5 Å². The lowest BCUT2D eigenvalue weighted by Gasteiger charge is -2.25. The van der Waals surface area contributed by atoms with Crippen molar-refractivity contribution in [3.63, 3.8) is 0 Å². The van der Waals surface area contributed by atoms with Gasteiger partial charge in [-0.15, -0.1) is 0 Å². The molecule has 0 saturated heterocycles. The number of benzene rings is 2. The van der Waals surface area contributed by atoms with E-state index in [1.54, 1.807) is 23.1 Å². The number of fused-ring (bicyclic) bond motifs is 2. The van der Waals surface area contributed by atoms with Gasteiger partial charge in [-0.25, -0.2) is 4.98 Å². The molecule has 170 valence electrons. The second-order valence-corrected chi connectivity index (χ2v) is 9.62. The number of carbonyl (C=O) groups excluding carboxylic acids is 1. The van der Waals surface area contributed by atoms with Crippen LogP contribution < -0.4 is 14.8 Å². The molecule has 7 nitrogen and oxygen atoms in total. The molecule has 0 spiro atoms. The quantitative estimate of drug-likeness (QED) is 0.431. The smallest absolute Gasteiger partial charge is 0.226 e. The van der Waals surface area contributed by atoms with Crippen molar-refractivity contribution in [3.8, 4) is 16.6 Å². The normalized spacial score (nSPS) is 15.6. The molecule has 0 aliphatic carbocycles. The number of hydrogen-bond donors (Lipinski definition) is 1. The summed E-state index contributed by atoms with van der Waals surface area (Å²) < 4.78 is 14.3. The van der Waals surface area contributed by atoms with Crippen molar-refractivity contribution in [3.05, 3.63) is 58.8 Å². The topological polar surface area (TPSA) is 78.3 Å². The Morgan fingerprint density at radius 1 is 1.15 bits per heavy atom. The molecule has 8 heteroatoms. The van der Waals surface area contributed by atoms with E-state index in [0.29, 0.717) is 23.7 Å². The third-order valence-electron chi connectivity index (χ3n) is 5.77. The van der Waals surface area contributed by atoms with Crippen LogP contribution in [0.1, 0.15) is 48.6 Å². The molecular weight excluding hydrogens is 436 g/mol. The zero-order valence-electron chi connectivity index (χ0n) is 19.3. The summed E-state index contributed by atoms with van der Waals surface area (Å²) in [7, 11) is 1.63. The number of nitrogens with zero attached hydrogens (tertiary/aromatic N) is 3. The molecule has 4 aromatic rings. The minimum Gasteiger partial charge on any atom is -0.493 e. The Kier molecular flexibility index (Phi) is 5.32. The highest BCUT2D eigenvalue weighted by atomic mass is 32.1. The van der Waals surface area contributed by atoms with Gasteiger partial charge in [-0.2, -0.15) is 9.78 Å². The average molecular weight is 463 g/mol. The predicted octanol–water partition coefficient (Wildman–Crippen LogP) is 5.37. The molecule has 3 heterocycles.